The summed E-state index contributed by atoms with van der Waals surface area (Å²) in [7, 11) is 3.97. The van der Waals surface area contributed by atoms with Crippen LogP contribution in [0.5, 0.6) is 0 Å². The summed E-state index contributed by atoms with van der Waals surface area (Å²) in [6, 6.07) is 4.17. The zero-order valence-electron chi connectivity index (χ0n) is 12.5. The molecule has 5 heteroatoms. The van der Waals surface area contributed by atoms with Gasteiger partial charge in [0.25, 0.3) is 0 Å². The zero-order chi connectivity index (χ0) is 14.5. The number of nitrogens with two attached hydrogens (primary N) is 1. The van der Waals surface area contributed by atoms with Crippen LogP contribution in [0.15, 0.2) is 24.5 Å². The van der Waals surface area contributed by atoms with E-state index in [9.17, 15) is 0 Å². The van der Waals surface area contributed by atoms with Gasteiger partial charge in [0.05, 0.1) is 6.20 Å². The van der Waals surface area contributed by atoms with Crippen LogP contribution >= 0.6 is 0 Å². The first-order chi connectivity index (χ1) is 9.62. The Morgan fingerprint density at radius 2 is 2.10 bits per heavy atom. The molecule has 0 radical (unpaired) electrons. The molecular formula is C15H23N5. The van der Waals surface area contributed by atoms with E-state index in [2.05, 4.69) is 29.1 Å². The highest BCUT2D eigenvalue weighted by Gasteiger charge is 2.08. The number of anilines is 1. The fourth-order valence-corrected chi connectivity index (χ4v) is 2.24. The lowest BCUT2D eigenvalue weighted by Crippen LogP contribution is -2.18. The third-order valence-corrected chi connectivity index (χ3v) is 3.24. The lowest BCUT2D eigenvalue weighted by atomic mass is 10.1. The Balaban J connectivity index is 2.19. The van der Waals surface area contributed by atoms with E-state index in [1.54, 1.807) is 0 Å². The van der Waals surface area contributed by atoms with Crippen molar-refractivity contribution in [2.75, 3.05) is 11.9 Å². The number of hydrogen-bond donors (Lipinski definition) is 1. The predicted molar refractivity (Wildman–Crippen MR) is 81.4 cm³/mol. The number of rotatable bonds is 6. The van der Waals surface area contributed by atoms with Crippen LogP contribution in [0.1, 0.15) is 30.2 Å². The van der Waals surface area contributed by atoms with Gasteiger partial charge in [0, 0.05) is 44.6 Å². The SMILES string of the molecule is CCCc1cc(CN)cc(N(C)Cc2cnn(C)c2)n1. The lowest BCUT2D eigenvalue weighted by molar-refractivity contribution is 0.766. The van der Waals surface area contributed by atoms with Crippen molar-refractivity contribution in [3.63, 3.8) is 0 Å². The van der Waals surface area contributed by atoms with Crippen LogP contribution in [-0.4, -0.2) is 21.8 Å². The van der Waals surface area contributed by atoms with E-state index < -0.39 is 0 Å². The summed E-state index contributed by atoms with van der Waals surface area (Å²) in [6.45, 7) is 3.50. The summed E-state index contributed by atoms with van der Waals surface area (Å²) >= 11 is 0. The van der Waals surface area contributed by atoms with Crippen LogP contribution in [-0.2, 0) is 26.6 Å². The van der Waals surface area contributed by atoms with Gasteiger partial charge < -0.3 is 10.6 Å². The average Bonchev–Trinajstić information content (AvgIpc) is 2.84. The molecule has 0 aliphatic heterocycles. The molecule has 20 heavy (non-hydrogen) atoms. The molecule has 108 valence electrons. The number of hydrogen-bond acceptors (Lipinski definition) is 4. The van der Waals surface area contributed by atoms with E-state index in [1.165, 1.54) is 5.56 Å². The number of pyridine rings is 1. The lowest BCUT2D eigenvalue weighted by Gasteiger charge is -2.19. The summed E-state index contributed by atoms with van der Waals surface area (Å²) in [5.74, 6) is 0.972. The fourth-order valence-electron chi connectivity index (χ4n) is 2.24. The Morgan fingerprint density at radius 1 is 1.30 bits per heavy atom. The molecule has 0 aromatic carbocycles. The van der Waals surface area contributed by atoms with E-state index in [-0.39, 0.29) is 0 Å². The van der Waals surface area contributed by atoms with Gasteiger partial charge in [-0.2, -0.15) is 5.10 Å². The summed E-state index contributed by atoms with van der Waals surface area (Å²) in [6.07, 6.45) is 5.99. The summed E-state index contributed by atoms with van der Waals surface area (Å²) < 4.78 is 1.81. The Morgan fingerprint density at radius 3 is 2.70 bits per heavy atom. The van der Waals surface area contributed by atoms with Crippen LogP contribution < -0.4 is 10.6 Å². The standard InChI is InChI=1S/C15H23N5/c1-4-5-14-6-12(8-16)7-15(18-14)19(2)10-13-9-17-20(3)11-13/h6-7,9,11H,4-5,8,10,16H2,1-3H3. The normalized spacial score (nSPS) is 10.8. The fraction of sp³-hybridized carbons (Fsp3) is 0.467. The van der Waals surface area contributed by atoms with Crippen LogP contribution in [0.3, 0.4) is 0 Å². The minimum Gasteiger partial charge on any atom is -0.355 e. The van der Waals surface area contributed by atoms with E-state index in [0.717, 1.165) is 36.5 Å². The maximum Gasteiger partial charge on any atom is 0.129 e. The highest BCUT2D eigenvalue weighted by molar-refractivity contribution is 5.42. The van der Waals surface area contributed by atoms with Crippen molar-refractivity contribution >= 4 is 5.82 Å². The molecule has 0 saturated carbocycles. The predicted octanol–water partition coefficient (Wildman–Crippen LogP) is 1.86. The molecule has 0 bridgehead atoms. The van der Waals surface area contributed by atoms with E-state index in [4.69, 9.17) is 10.7 Å². The summed E-state index contributed by atoms with van der Waals surface area (Å²) in [4.78, 5) is 6.85. The maximum absolute atomic E-state index is 5.78. The molecule has 0 aliphatic carbocycles. The van der Waals surface area contributed by atoms with Crippen molar-refractivity contribution in [1.29, 1.82) is 0 Å². The first kappa shape index (κ1) is 14.5. The molecular weight excluding hydrogens is 250 g/mol. The largest absolute Gasteiger partial charge is 0.355 e. The van der Waals surface area contributed by atoms with Crippen LogP contribution in [0.25, 0.3) is 0 Å². The van der Waals surface area contributed by atoms with E-state index >= 15 is 0 Å². The Kier molecular flexibility index (Phi) is 4.74. The van der Waals surface area contributed by atoms with Gasteiger partial charge in [-0.15, -0.1) is 0 Å². The Hall–Kier alpha value is -1.88. The molecule has 0 aliphatic rings. The molecule has 2 rings (SSSR count). The number of aromatic nitrogens is 3. The molecule has 0 amide bonds. The van der Waals surface area contributed by atoms with Crippen LogP contribution in [0, 0.1) is 0 Å². The van der Waals surface area contributed by atoms with Gasteiger partial charge in [-0.25, -0.2) is 4.98 Å². The minimum absolute atomic E-state index is 0.549. The zero-order valence-corrected chi connectivity index (χ0v) is 12.5. The van der Waals surface area contributed by atoms with Crippen molar-refractivity contribution in [2.45, 2.75) is 32.9 Å². The van der Waals surface area contributed by atoms with Crippen LogP contribution in [0.4, 0.5) is 5.82 Å². The quantitative estimate of drug-likeness (QED) is 0.872. The highest BCUT2D eigenvalue weighted by Crippen LogP contribution is 2.17. The molecule has 0 fully saturated rings. The van der Waals surface area contributed by atoms with E-state index in [1.807, 2.05) is 31.2 Å². The first-order valence-electron chi connectivity index (χ1n) is 7.01. The number of nitrogens with zero attached hydrogens (tertiary/aromatic N) is 4. The van der Waals surface area contributed by atoms with Crippen molar-refractivity contribution in [3.05, 3.63) is 41.3 Å². The van der Waals surface area contributed by atoms with Gasteiger partial charge >= 0.3 is 0 Å². The van der Waals surface area contributed by atoms with Crippen molar-refractivity contribution in [3.8, 4) is 0 Å². The monoisotopic (exact) mass is 273 g/mol. The van der Waals surface area contributed by atoms with E-state index in [0.29, 0.717) is 6.54 Å². The van der Waals surface area contributed by atoms with Gasteiger partial charge in [0.1, 0.15) is 5.82 Å². The molecule has 0 spiro atoms. The molecule has 0 atom stereocenters. The summed E-state index contributed by atoms with van der Waals surface area (Å²) in [5.41, 5.74) is 9.20. The van der Waals surface area contributed by atoms with Gasteiger partial charge in [-0.1, -0.05) is 13.3 Å². The van der Waals surface area contributed by atoms with Gasteiger partial charge in [-0.3, -0.25) is 4.68 Å². The first-order valence-corrected chi connectivity index (χ1v) is 7.01. The molecule has 5 nitrogen and oxygen atoms in total. The third-order valence-electron chi connectivity index (χ3n) is 3.24. The molecule has 0 unspecified atom stereocenters. The van der Waals surface area contributed by atoms with Crippen molar-refractivity contribution < 1.29 is 0 Å². The van der Waals surface area contributed by atoms with Gasteiger partial charge in [0.2, 0.25) is 0 Å². The average molecular weight is 273 g/mol. The second-order valence-corrected chi connectivity index (χ2v) is 5.16. The second-order valence-electron chi connectivity index (χ2n) is 5.16. The van der Waals surface area contributed by atoms with Crippen molar-refractivity contribution in [2.24, 2.45) is 12.8 Å². The Labute approximate surface area is 120 Å². The topological polar surface area (TPSA) is 60.0 Å². The summed E-state index contributed by atoms with van der Waals surface area (Å²) in [5, 5.41) is 4.19. The molecule has 2 N–H and O–H groups in total. The molecule has 0 saturated heterocycles. The maximum atomic E-state index is 5.78. The van der Waals surface area contributed by atoms with Crippen LogP contribution in [0.2, 0.25) is 0 Å². The number of aryl methyl sites for hydroxylation is 2. The van der Waals surface area contributed by atoms with Crippen molar-refractivity contribution in [1.82, 2.24) is 14.8 Å². The second kappa shape index (κ2) is 6.52. The van der Waals surface area contributed by atoms with Gasteiger partial charge in [-0.05, 0) is 24.1 Å². The minimum atomic E-state index is 0.549. The third kappa shape index (κ3) is 3.57. The smallest absolute Gasteiger partial charge is 0.129 e. The van der Waals surface area contributed by atoms with Gasteiger partial charge in [0.15, 0.2) is 0 Å². The molecule has 2 heterocycles. The highest BCUT2D eigenvalue weighted by atomic mass is 15.2. The molecule has 2 aromatic rings. The Bertz CT molecular complexity index is 561. The molecule has 2 aromatic heterocycles.